The van der Waals surface area contributed by atoms with Gasteiger partial charge in [0.2, 0.25) is 13.2 Å². The molecule has 1 heterocycles. The van der Waals surface area contributed by atoms with Gasteiger partial charge in [-0.3, -0.25) is 4.79 Å². The summed E-state index contributed by atoms with van der Waals surface area (Å²) in [6, 6.07) is 5.74. The molecule has 5 heteroatoms. The average molecular weight is 211 g/mol. The normalized spacial score (nSPS) is 12.6. The third kappa shape index (κ3) is 1.93. The van der Waals surface area contributed by atoms with Gasteiger partial charge in [-0.1, -0.05) is 6.07 Å². The number of hydrogen-bond acceptors (Lipinski definition) is 4. The number of rotatable bonds is 4. The van der Waals surface area contributed by atoms with E-state index in [1.807, 2.05) is 18.2 Å². The van der Waals surface area contributed by atoms with Crippen molar-refractivity contribution in [2.45, 2.75) is 5.75 Å². The largest absolute Gasteiger partial charge is 0.454 e. The minimum atomic E-state index is 0.290. The summed E-state index contributed by atoms with van der Waals surface area (Å²) in [5, 5.41) is 0. The zero-order valence-electron chi connectivity index (χ0n) is 7.36. The fourth-order valence-electron chi connectivity index (χ4n) is 1.19. The summed E-state index contributed by atoms with van der Waals surface area (Å²) in [7, 11) is 0. The highest BCUT2D eigenvalue weighted by Crippen LogP contribution is 2.33. The fraction of sp³-hybridized carbons (Fsp3) is 0.222. The van der Waals surface area contributed by atoms with E-state index >= 15 is 0 Å². The first-order valence-corrected chi connectivity index (χ1v) is 5.08. The molecule has 1 aromatic rings. The molecule has 14 heavy (non-hydrogen) atoms. The molecule has 0 saturated carbocycles. The van der Waals surface area contributed by atoms with Crippen LogP contribution in [-0.2, 0) is 10.5 Å². The second-order valence-corrected chi connectivity index (χ2v) is 3.53. The Morgan fingerprint density at radius 2 is 2.29 bits per heavy atom. The van der Waals surface area contributed by atoms with E-state index in [1.54, 1.807) is 0 Å². The summed E-state index contributed by atoms with van der Waals surface area (Å²) in [5.41, 5.74) is 1.09. The van der Waals surface area contributed by atoms with Crippen molar-refractivity contribution >= 4 is 18.4 Å². The van der Waals surface area contributed by atoms with Gasteiger partial charge in [0.05, 0.1) is 0 Å². The zero-order chi connectivity index (χ0) is 9.80. The first-order valence-electron chi connectivity index (χ1n) is 4.09. The average Bonchev–Trinajstić information content (AvgIpc) is 2.65. The van der Waals surface area contributed by atoms with Crippen LogP contribution in [0.5, 0.6) is 11.5 Å². The number of amides is 1. The molecule has 0 bridgehead atoms. The van der Waals surface area contributed by atoms with Gasteiger partial charge in [0.25, 0.3) is 0 Å². The van der Waals surface area contributed by atoms with Gasteiger partial charge < -0.3 is 14.2 Å². The zero-order valence-corrected chi connectivity index (χ0v) is 8.17. The molecule has 0 unspecified atom stereocenters. The Kier molecular flexibility index (Phi) is 2.78. The molecule has 0 radical (unpaired) electrons. The molecule has 74 valence electrons. The van der Waals surface area contributed by atoms with E-state index in [2.05, 4.69) is 4.72 Å². The molecule has 4 nitrogen and oxygen atoms in total. The van der Waals surface area contributed by atoms with Gasteiger partial charge in [0.1, 0.15) is 0 Å². The van der Waals surface area contributed by atoms with Crippen LogP contribution in [0.3, 0.4) is 0 Å². The van der Waals surface area contributed by atoms with Crippen molar-refractivity contribution in [1.29, 1.82) is 0 Å². The topological polar surface area (TPSA) is 47.6 Å². The van der Waals surface area contributed by atoms with Crippen LogP contribution in [-0.4, -0.2) is 13.2 Å². The number of fused-ring (bicyclic) bond motifs is 1. The van der Waals surface area contributed by atoms with E-state index in [1.165, 1.54) is 11.9 Å². The van der Waals surface area contributed by atoms with E-state index in [-0.39, 0.29) is 0 Å². The number of carbonyl (C=O) groups excluding carboxylic acids is 1. The van der Waals surface area contributed by atoms with Crippen LogP contribution < -0.4 is 14.2 Å². The van der Waals surface area contributed by atoms with Crippen LogP contribution in [0.25, 0.3) is 0 Å². The third-order valence-corrected chi connectivity index (χ3v) is 2.55. The summed E-state index contributed by atoms with van der Waals surface area (Å²) in [6.45, 7) is 0.290. The predicted octanol–water partition coefficient (Wildman–Crippen LogP) is 1.31. The first kappa shape index (κ1) is 9.21. The maximum absolute atomic E-state index is 10.0. The maximum atomic E-state index is 10.0. The Balaban J connectivity index is 2.01. The summed E-state index contributed by atoms with van der Waals surface area (Å²) in [4.78, 5) is 10.0. The monoisotopic (exact) mass is 211 g/mol. The van der Waals surface area contributed by atoms with Crippen molar-refractivity contribution in [2.75, 3.05) is 6.79 Å². The number of ether oxygens (including phenoxy) is 2. The van der Waals surface area contributed by atoms with Crippen LogP contribution in [0.15, 0.2) is 18.2 Å². The maximum Gasteiger partial charge on any atom is 0.231 e. The molecule has 0 aromatic heterocycles. The van der Waals surface area contributed by atoms with E-state index in [0.717, 1.165) is 22.8 Å². The van der Waals surface area contributed by atoms with Gasteiger partial charge in [-0.05, 0) is 29.6 Å². The lowest BCUT2D eigenvalue weighted by atomic mass is 10.2. The first-order chi connectivity index (χ1) is 6.90. The van der Waals surface area contributed by atoms with Crippen LogP contribution in [0.2, 0.25) is 0 Å². The molecule has 0 atom stereocenters. The highest BCUT2D eigenvalue weighted by molar-refractivity contribution is 7.97. The molecule has 1 aliphatic heterocycles. The number of benzene rings is 1. The van der Waals surface area contributed by atoms with E-state index in [0.29, 0.717) is 13.2 Å². The SMILES string of the molecule is O=CNSCc1ccc2c(c1)OCO2. The number of carbonyl (C=O) groups is 1. The van der Waals surface area contributed by atoms with E-state index < -0.39 is 0 Å². The summed E-state index contributed by atoms with van der Waals surface area (Å²) >= 11 is 1.34. The van der Waals surface area contributed by atoms with Gasteiger partial charge >= 0.3 is 0 Å². The van der Waals surface area contributed by atoms with Crippen molar-refractivity contribution in [3.63, 3.8) is 0 Å². The summed E-state index contributed by atoms with van der Waals surface area (Å²) < 4.78 is 12.9. The van der Waals surface area contributed by atoms with Crippen molar-refractivity contribution in [3.05, 3.63) is 23.8 Å². The molecule has 0 saturated heterocycles. The lowest BCUT2D eigenvalue weighted by Gasteiger charge is -2.01. The third-order valence-electron chi connectivity index (χ3n) is 1.81. The molecule has 0 fully saturated rings. The molecule has 2 rings (SSSR count). The fourth-order valence-corrected chi connectivity index (χ4v) is 1.69. The molecule has 1 amide bonds. The second kappa shape index (κ2) is 4.23. The van der Waals surface area contributed by atoms with Gasteiger partial charge in [-0.15, -0.1) is 0 Å². The van der Waals surface area contributed by atoms with E-state index in [4.69, 9.17) is 9.47 Å². The van der Waals surface area contributed by atoms with Gasteiger partial charge in [-0.2, -0.15) is 0 Å². The minimum Gasteiger partial charge on any atom is -0.454 e. The minimum absolute atomic E-state index is 0.290. The predicted molar refractivity (Wildman–Crippen MR) is 53.1 cm³/mol. The van der Waals surface area contributed by atoms with E-state index in [9.17, 15) is 4.79 Å². The van der Waals surface area contributed by atoms with Crippen molar-refractivity contribution in [3.8, 4) is 11.5 Å². The van der Waals surface area contributed by atoms with Crippen molar-refractivity contribution < 1.29 is 14.3 Å². The van der Waals surface area contributed by atoms with Gasteiger partial charge in [-0.25, -0.2) is 0 Å². The molecule has 0 aliphatic carbocycles. The molecule has 1 aromatic carbocycles. The van der Waals surface area contributed by atoms with Gasteiger partial charge in [0, 0.05) is 5.75 Å². The smallest absolute Gasteiger partial charge is 0.231 e. The van der Waals surface area contributed by atoms with Crippen molar-refractivity contribution in [1.82, 2.24) is 4.72 Å². The van der Waals surface area contributed by atoms with Gasteiger partial charge in [0.15, 0.2) is 11.5 Å². The lowest BCUT2D eigenvalue weighted by molar-refractivity contribution is -0.107. The lowest BCUT2D eigenvalue weighted by Crippen LogP contribution is -1.98. The molecule has 1 N–H and O–H groups in total. The highest BCUT2D eigenvalue weighted by atomic mass is 32.2. The number of hydrogen-bond donors (Lipinski definition) is 1. The highest BCUT2D eigenvalue weighted by Gasteiger charge is 2.12. The Morgan fingerprint density at radius 3 is 3.14 bits per heavy atom. The second-order valence-electron chi connectivity index (χ2n) is 2.71. The summed E-state index contributed by atoms with van der Waals surface area (Å²) in [5.74, 6) is 2.27. The molecule has 0 spiro atoms. The quantitative estimate of drug-likeness (QED) is 0.463. The summed E-state index contributed by atoms with van der Waals surface area (Å²) in [6.07, 6.45) is 0.664. The molecular formula is C9H9NO3S. The standard InChI is InChI=1S/C9H9NO3S/c11-5-10-14-4-7-1-2-8-9(3-7)13-6-12-8/h1-3,5H,4,6H2,(H,10,11). The Morgan fingerprint density at radius 1 is 1.43 bits per heavy atom. The van der Waals surface area contributed by atoms with Crippen LogP contribution in [0.4, 0.5) is 0 Å². The number of nitrogens with one attached hydrogen (secondary N) is 1. The van der Waals surface area contributed by atoms with Crippen molar-refractivity contribution in [2.24, 2.45) is 0 Å². The van der Waals surface area contributed by atoms with Crippen LogP contribution in [0, 0.1) is 0 Å². The Hall–Kier alpha value is -1.36. The Labute approximate surface area is 85.7 Å². The van der Waals surface area contributed by atoms with Crippen LogP contribution in [0.1, 0.15) is 5.56 Å². The molecule has 1 aliphatic rings. The Bertz CT molecular complexity index is 343. The van der Waals surface area contributed by atoms with Crippen LogP contribution >= 0.6 is 11.9 Å². The molecular weight excluding hydrogens is 202 g/mol.